The number of aromatic nitrogens is 2. The van der Waals surface area contributed by atoms with Gasteiger partial charge < -0.3 is 10.8 Å². The first-order valence-electron chi connectivity index (χ1n) is 5.68. The summed E-state index contributed by atoms with van der Waals surface area (Å²) < 4.78 is 0. The SMILES string of the molecule is Nc1nccnc1SC1CCCCCC1O. The number of hydrogen-bond acceptors (Lipinski definition) is 5. The third-order valence-electron chi connectivity index (χ3n) is 2.87. The van der Waals surface area contributed by atoms with E-state index in [2.05, 4.69) is 9.97 Å². The highest BCUT2D eigenvalue weighted by Crippen LogP contribution is 2.33. The van der Waals surface area contributed by atoms with Crippen LogP contribution in [0, 0.1) is 0 Å². The van der Waals surface area contributed by atoms with Crippen LogP contribution in [0.4, 0.5) is 5.82 Å². The number of nitrogens with zero attached hydrogens (tertiary/aromatic N) is 2. The molecule has 2 rings (SSSR count). The second-order valence-corrected chi connectivity index (χ2v) is 5.34. The lowest BCUT2D eigenvalue weighted by atomic mass is 10.1. The zero-order chi connectivity index (χ0) is 11.4. The summed E-state index contributed by atoms with van der Waals surface area (Å²) in [5, 5.41) is 10.9. The third-order valence-corrected chi connectivity index (χ3v) is 4.26. The summed E-state index contributed by atoms with van der Waals surface area (Å²) in [6, 6.07) is 0. The van der Waals surface area contributed by atoms with Crippen LogP contribution in [0.25, 0.3) is 0 Å². The Morgan fingerprint density at radius 2 is 1.94 bits per heavy atom. The van der Waals surface area contributed by atoms with E-state index in [4.69, 9.17) is 5.73 Å². The lowest BCUT2D eigenvalue weighted by Gasteiger charge is -2.19. The Balaban J connectivity index is 2.05. The molecule has 0 spiro atoms. The number of rotatable bonds is 2. The van der Waals surface area contributed by atoms with E-state index in [0.29, 0.717) is 5.82 Å². The average Bonchev–Trinajstić information content (AvgIpc) is 2.48. The van der Waals surface area contributed by atoms with Crippen molar-refractivity contribution in [1.82, 2.24) is 9.97 Å². The molecule has 0 amide bonds. The summed E-state index contributed by atoms with van der Waals surface area (Å²) in [4.78, 5) is 8.21. The molecule has 1 aromatic rings. The number of nitrogens with two attached hydrogens (primary N) is 1. The summed E-state index contributed by atoms with van der Waals surface area (Å²) in [6.45, 7) is 0. The van der Waals surface area contributed by atoms with Crippen molar-refractivity contribution in [1.29, 1.82) is 0 Å². The summed E-state index contributed by atoms with van der Waals surface area (Å²) in [7, 11) is 0. The molecule has 1 aromatic heterocycles. The number of anilines is 1. The fourth-order valence-corrected chi connectivity index (χ4v) is 3.12. The second kappa shape index (κ2) is 5.50. The Labute approximate surface area is 99.7 Å². The van der Waals surface area contributed by atoms with Gasteiger partial charge in [0.1, 0.15) is 5.03 Å². The van der Waals surface area contributed by atoms with Gasteiger partial charge in [0.25, 0.3) is 0 Å². The maximum atomic E-state index is 9.99. The summed E-state index contributed by atoms with van der Waals surface area (Å²) in [5.41, 5.74) is 5.75. The topological polar surface area (TPSA) is 72.0 Å². The summed E-state index contributed by atoms with van der Waals surface area (Å²) >= 11 is 1.56. The molecule has 0 radical (unpaired) electrons. The van der Waals surface area contributed by atoms with Crippen molar-refractivity contribution < 1.29 is 5.11 Å². The molecule has 4 nitrogen and oxygen atoms in total. The zero-order valence-electron chi connectivity index (χ0n) is 9.17. The molecule has 1 saturated carbocycles. The summed E-state index contributed by atoms with van der Waals surface area (Å²) in [6.07, 6.45) is 8.41. The van der Waals surface area contributed by atoms with Crippen LogP contribution in [-0.4, -0.2) is 26.4 Å². The molecule has 88 valence electrons. The number of aliphatic hydroxyl groups excluding tert-OH is 1. The van der Waals surface area contributed by atoms with Crippen molar-refractivity contribution in [3.8, 4) is 0 Å². The Morgan fingerprint density at radius 3 is 2.75 bits per heavy atom. The largest absolute Gasteiger partial charge is 0.392 e. The maximum Gasteiger partial charge on any atom is 0.156 e. The molecule has 1 aliphatic carbocycles. The molecule has 0 bridgehead atoms. The van der Waals surface area contributed by atoms with Gasteiger partial charge in [-0.15, -0.1) is 0 Å². The van der Waals surface area contributed by atoms with Crippen molar-refractivity contribution in [2.24, 2.45) is 0 Å². The lowest BCUT2D eigenvalue weighted by Crippen LogP contribution is -2.21. The molecule has 16 heavy (non-hydrogen) atoms. The molecule has 0 aliphatic heterocycles. The van der Waals surface area contributed by atoms with Gasteiger partial charge in [-0.3, -0.25) is 0 Å². The van der Waals surface area contributed by atoms with Crippen molar-refractivity contribution >= 4 is 17.6 Å². The summed E-state index contributed by atoms with van der Waals surface area (Å²) in [5.74, 6) is 0.462. The first kappa shape index (κ1) is 11.7. The van der Waals surface area contributed by atoms with Gasteiger partial charge in [0, 0.05) is 17.6 Å². The lowest BCUT2D eigenvalue weighted by molar-refractivity contribution is 0.163. The normalized spacial score (nSPS) is 26.3. The Kier molecular flexibility index (Phi) is 4.01. The Morgan fingerprint density at radius 1 is 1.19 bits per heavy atom. The van der Waals surface area contributed by atoms with Crippen LogP contribution in [0.3, 0.4) is 0 Å². The van der Waals surface area contributed by atoms with E-state index < -0.39 is 0 Å². The highest BCUT2D eigenvalue weighted by molar-refractivity contribution is 8.00. The number of nitrogen functional groups attached to an aromatic ring is 1. The van der Waals surface area contributed by atoms with Crippen molar-refractivity contribution in [2.45, 2.75) is 48.5 Å². The van der Waals surface area contributed by atoms with Gasteiger partial charge >= 0.3 is 0 Å². The minimum atomic E-state index is -0.242. The molecule has 0 saturated heterocycles. The van der Waals surface area contributed by atoms with E-state index in [-0.39, 0.29) is 11.4 Å². The first-order valence-corrected chi connectivity index (χ1v) is 6.56. The van der Waals surface area contributed by atoms with Crippen LogP contribution in [0.2, 0.25) is 0 Å². The van der Waals surface area contributed by atoms with E-state index >= 15 is 0 Å². The molecule has 1 heterocycles. The van der Waals surface area contributed by atoms with Gasteiger partial charge in [-0.1, -0.05) is 31.0 Å². The molecule has 2 unspecified atom stereocenters. The predicted octanol–water partition coefficient (Wildman–Crippen LogP) is 1.84. The van der Waals surface area contributed by atoms with E-state index in [9.17, 15) is 5.11 Å². The van der Waals surface area contributed by atoms with Crippen molar-refractivity contribution in [2.75, 3.05) is 5.73 Å². The fraction of sp³-hybridized carbons (Fsp3) is 0.636. The molecule has 3 N–H and O–H groups in total. The van der Waals surface area contributed by atoms with Crippen LogP contribution in [0.5, 0.6) is 0 Å². The van der Waals surface area contributed by atoms with E-state index in [1.54, 1.807) is 24.2 Å². The van der Waals surface area contributed by atoms with E-state index in [1.807, 2.05) is 0 Å². The van der Waals surface area contributed by atoms with Crippen LogP contribution in [-0.2, 0) is 0 Å². The van der Waals surface area contributed by atoms with E-state index in [1.165, 1.54) is 12.8 Å². The monoisotopic (exact) mass is 239 g/mol. The second-order valence-electron chi connectivity index (χ2n) is 4.11. The minimum absolute atomic E-state index is 0.210. The smallest absolute Gasteiger partial charge is 0.156 e. The first-order chi connectivity index (χ1) is 7.77. The maximum absolute atomic E-state index is 9.99. The van der Waals surface area contributed by atoms with Crippen molar-refractivity contribution in [3.05, 3.63) is 12.4 Å². The number of hydrogen-bond donors (Lipinski definition) is 2. The van der Waals surface area contributed by atoms with Crippen LogP contribution in [0.15, 0.2) is 17.4 Å². The molecule has 1 fully saturated rings. The minimum Gasteiger partial charge on any atom is -0.392 e. The quantitative estimate of drug-likeness (QED) is 0.771. The predicted molar refractivity (Wildman–Crippen MR) is 65.2 cm³/mol. The Hall–Kier alpha value is -0.810. The number of aliphatic hydroxyl groups is 1. The Bertz CT molecular complexity index is 348. The molecule has 2 atom stereocenters. The molecule has 1 aliphatic rings. The van der Waals surface area contributed by atoms with Gasteiger partial charge in [0.05, 0.1) is 6.10 Å². The highest BCUT2D eigenvalue weighted by Gasteiger charge is 2.23. The van der Waals surface area contributed by atoms with E-state index in [0.717, 1.165) is 24.3 Å². The fourth-order valence-electron chi connectivity index (χ4n) is 1.96. The van der Waals surface area contributed by atoms with Crippen LogP contribution >= 0.6 is 11.8 Å². The third kappa shape index (κ3) is 2.86. The molecule has 0 aromatic carbocycles. The van der Waals surface area contributed by atoms with Gasteiger partial charge in [-0.25, -0.2) is 9.97 Å². The number of thioether (sulfide) groups is 1. The molecular weight excluding hydrogens is 222 g/mol. The van der Waals surface area contributed by atoms with Crippen LogP contribution < -0.4 is 5.73 Å². The van der Waals surface area contributed by atoms with Gasteiger partial charge in [-0.05, 0) is 12.8 Å². The van der Waals surface area contributed by atoms with Gasteiger partial charge in [0.15, 0.2) is 5.82 Å². The standard InChI is InChI=1S/C11H17N3OS/c12-10-11(14-7-6-13-10)16-9-5-3-1-2-4-8(9)15/h6-9,15H,1-5H2,(H2,12,13). The van der Waals surface area contributed by atoms with Crippen LogP contribution in [0.1, 0.15) is 32.1 Å². The van der Waals surface area contributed by atoms with Gasteiger partial charge in [-0.2, -0.15) is 0 Å². The molecular formula is C11H17N3OS. The zero-order valence-corrected chi connectivity index (χ0v) is 9.99. The average molecular weight is 239 g/mol. The van der Waals surface area contributed by atoms with Gasteiger partial charge in [0.2, 0.25) is 0 Å². The van der Waals surface area contributed by atoms with Crippen molar-refractivity contribution in [3.63, 3.8) is 0 Å². The molecule has 5 heteroatoms. The highest BCUT2D eigenvalue weighted by atomic mass is 32.2.